The molecular formula is C12H20N4O3. The summed E-state index contributed by atoms with van der Waals surface area (Å²) in [7, 11) is 0. The van der Waals surface area contributed by atoms with Gasteiger partial charge in [0.1, 0.15) is 5.69 Å². The summed E-state index contributed by atoms with van der Waals surface area (Å²) in [5.41, 5.74) is -0.304. The van der Waals surface area contributed by atoms with Gasteiger partial charge < -0.3 is 10.4 Å². The summed E-state index contributed by atoms with van der Waals surface area (Å²) in [5, 5.41) is 28.4. The zero-order valence-corrected chi connectivity index (χ0v) is 11.3. The minimum Gasteiger partial charge on any atom is -0.388 e. The Balaban J connectivity index is 2.22. The summed E-state index contributed by atoms with van der Waals surface area (Å²) in [4.78, 5) is 10.7. The van der Waals surface area contributed by atoms with E-state index in [1.54, 1.807) is 11.6 Å². The fourth-order valence-electron chi connectivity index (χ4n) is 2.35. The van der Waals surface area contributed by atoms with Crippen LogP contribution < -0.4 is 5.32 Å². The van der Waals surface area contributed by atoms with Crippen LogP contribution in [-0.2, 0) is 6.54 Å². The lowest BCUT2D eigenvalue weighted by atomic mass is 9.80. The van der Waals surface area contributed by atoms with Gasteiger partial charge in [-0.2, -0.15) is 5.10 Å². The second kappa shape index (κ2) is 5.16. The molecule has 0 atom stereocenters. The number of rotatable bonds is 6. The molecule has 0 bridgehead atoms. The highest BCUT2D eigenvalue weighted by Gasteiger charge is 2.35. The van der Waals surface area contributed by atoms with Crippen molar-refractivity contribution in [2.45, 2.75) is 51.7 Å². The molecular weight excluding hydrogens is 248 g/mol. The van der Waals surface area contributed by atoms with Crippen LogP contribution in [0.1, 0.15) is 38.3 Å². The monoisotopic (exact) mass is 268 g/mol. The second-order valence-electron chi connectivity index (χ2n) is 5.19. The van der Waals surface area contributed by atoms with E-state index < -0.39 is 10.5 Å². The SMILES string of the molecule is CCCn1nc(C)c([N+](=O)[O-])c1NCC1(O)CCC1. The highest BCUT2D eigenvalue weighted by atomic mass is 16.6. The van der Waals surface area contributed by atoms with Gasteiger partial charge >= 0.3 is 5.69 Å². The van der Waals surface area contributed by atoms with Crippen LogP contribution in [0.5, 0.6) is 0 Å². The standard InChI is InChI=1S/C12H20N4O3/c1-3-7-15-11(10(16(18)19)9(2)14-15)13-8-12(17)5-4-6-12/h13,17H,3-8H2,1-2H3. The van der Waals surface area contributed by atoms with Crippen molar-refractivity contribution >= 4 is 11.5 Å². The highest BCUT2D eigenvalue weighted by molar-refractivity contribution is 5.59. The van der Waals surface area contributed by atoms with Gasteiger partial charge in [0.15, 0.2) is 0 Å². The molecule has 2 N–H and O–H groups in total. The number of aliphatic hydroxyl groups is 1. The van der Waals surface area contributed by atoms with E-state index in [0.29, 0.717) is 24.6 Å². The fourth-order valence-corrected chi connectivity index (χ4v) is 2.35. The predicted octanol–water partition coefficient (Wildman–Crippen LogP) is 1.84. The normalized spacial score (nSPS) is 17.0. The first-order chi connectivity index (χ1) is 8.97. The average molecular weight is 268 g/mol. The van der Waals surface area contributed by atoms with E-state index in [2.05, 4.69) is 10.4 Å². The number of hydrogen-bond acceptors (Lipinski definition) is 5. The van der Waals surface area contributed by atoms with Crippen molar-refractivity contribution in [3.63, 3.8) is 0 Å². The molecule has 1 heterocycles. The van der Waals surface area contributed by atoms with Crippen molar-refractivity contribution in [1.82, 2.24) is 9.78 Å². The van der Waals surface area contributed by atoms with Crippen molar-refractivity contribution in [3.8, 4) is 0 Å². The van der Waals surface area contributed by atoms with E-state index in [9.17, 15) is 15.2 Å². The maximum Gasteiger partial charge on any atom is 0.333 e. The van der Waals surface area contributed by atoms with E-state index in [4.69, 9.17) is 0 Å². The molecule has 7 heteroatoms. The summed E-state index contributed by atoms with van der Waals surface area (Å²) in [6.07, 6.45) is 3.34. The van der Waals surface area contributed by atoms with Gasteiger partial charge in [-0.1, -0.05) is 6.92 Å². The first-order valence-corrected chi connectivity index (χ1v) is 6.65. The Morgan fingerprint density at radius 1 is 1.58 bits per heavy atom. The molecule has 0 saturated heterocycles. The molecule has 0 aromatic carbocycles. The van der Waals surface area contributed by atoms with E-state index in [-0.39, 0.29) is 5.69 Å². The first-order valence-electron chi connectivity index (χ1n) is 6.65. The average Bonchev–Trinajstić information content (AvgIpc) is 2.61. The van der Waals surface area contributed by atoms with Crippen LogP contribution in [0, 0.1) is 17.0 Å². The Morgan fingerprint density at radius 3 is 2.74 bits per heavy atom. The van der Waals surface area contributed by atoms with Crippen molar-refractivity contribution < 1.29 is 10.0 Å². The molecule has 1 aliphatic carbocycles. The number of aromatic nitrogens is 2. The largest absolute Gasteiger partial charge is 0.388 e. The second-order valence-corrected chi connectivity index (χ2v) is 5.19. The third kappa shape index (κ3) is 2.70. The van der Waals surface area contributed by atoms with E-state index >= 15 is 0 Å². The Bertz CT molecular complexity index is 480. The first kappa shape index (κ1) is 13.8. The van der Waals surface area contributed by atoms with Gasteiger partial charge in [0.2, 0.25) is 5.82 Å². The highest BCUT2D eigenvalue weighted by Crippen LogP contribution is 2.34. The van der Waals surface area contributed by atoms with E-state index in [1.165, 1.54) is 0 Å². The number of hydrogen-bond donors (Lipinski definition) is 2. The minimum absolute atomic E-state index is 0.0105. The molecule has 19 heavy (non-hydrogen) atoms. The number of nitrogens with one attached hydrogen (secondary N) is 1. The van der Waals surface area contributed by atoms with Gasteiger partial charge in [-0.15, -0.1) is 0 Å². The van der Waals surface area contributed by atoms with Gasteiger partial charge in [-0.3, -0.25) is 10.1 Å². The van der Waals surface area contributed by atoms with Gasteiger partial charge in [-0.25, -0.2) is 4.68 Å². The summed E-state index contributed by atoms with van der Waals surface area (Å²) < 4.78 is 1.62. The number of aryl methyl sites for hydroxylation is 2. The zero-order valence-electron chi connectivity index (χ0n) is 11.3. The molecule has 0 unspecified atom stereocenters. The smallest absolute Gasteiger partial charge is 0.333 e. The molecule has 1 saturated carbocycles. The van der Waals surface area contributed by atoms with Gasteiger partial charge in [-0.05, 0) is 32.6 Å². The lowest BCUT2D eigenvalue weighted by Crippen LogP contribution is -2.43. The lowest BCUT2D eigenvalue weighted by molar-refractivity contribution is -0.384. The number of anilines is 1. The van der Waals surface area contributed by atoms with Crippen LogP contribution >= 0.6 is 0 Å². The topological polar surface area (TPSA) is 93.2 Å². The Hall–Kier alpha value is -1.63. The van der Waals surface area contributed by atoms with Gasteiger partial charge in [0.25, 0.3) is 0 Å². The molecule has 1 fully saturated rings. The van der Waals surface area contributed by atoms with Crippen LogP contribution in [0.25, 0.3) is 0 Å². The van der Waals surface area contributed by atoms with Crippen molar-refractivity contribution in [3.05, 3.63) is 15.8 Å². The predicted molar refractivity (Wildman–Crippen MR) is 71.2 cm³/mol. The molecule has 1 aromatic heterocycles. The van der Waals surface area contributed by atoms with E-state index in [1.807, 2.05) is 6.92 Å². The van der Waals surface area contributed by atoms with Crippen LogP contribution in [0.2, 0.25) is 0 Å². The molecule has 2 rings (SSSR count). The van der Waals surface area contributed by atoms with Crippen LogP contribution in [0.3, 0.4) is 0 Å². The third-order valence-corrected chi connectivity index (χ3v) is 3.58. The lowest BCUT2D eigenvalue weighted by Gasteiger charge is -2.36. The number of nitrogens with zero attached hydrogens (tertiary/aromatic N) is 3. The zero-order chi connectivity index (χ0) is 14.0. The molecule has 7 nitrogen and oxygen atoms in total. The van der Waals surface area contributed by atoms with Gasteiger partial charge in [0.05, 0.1) is 10.5 Å². The molecule has 106 valence electrons. The molecule has 1 aromatic rings. The van der Waals surface area contributed by atoms with Crippen molar-refractivity contribution in [1.29, 1.82) is 0 Å². The summed E-state index contributed by atoms with van der Waals surface area (Å²) in [6.45, 7) is 4.58. The van der Waals surface area contributed by atoms with Crippen LogP contribution in [0.15, 0.2) is 0 Å². The van der Waals surface area contributed by atoms with Crippen LogP contribution in [0.4, 0.5) is 11.5 Å². The van der Waals surface area contributed by atoms with E-state index in [0.717, 1.165) is 25.7 Å². The Kier molecular flexibility index (Phi) is 3.75. The summed E-state index contributed by atoms with van der Waals surface area (Å²) in [6, 6.07) is 0. The Labute approximate surface area is 111 Å². The van der Waals surface area contributed by atoms with Gasteiger partial charge in [0, 0.05) is 13.1 Å². The Morgan fingerprint density at radius 2 is 2.26 bits per heavy atom. The summed E-state index contributed by atoms with van der Waals surface area (Å²) in [5.74, 6) is 0.407. The maximum atomic E-state index is 11.1. The third-order valence-electron chi connectivity index (χ3n) is 3.58. The summed E-state index contributed by atoms with van der Waals surface area (Å²) >= 11 is 0. The molecule has 0 radical (unpaired) electrons. The molecule has 0 spiro atoms. The number of nitro groups is 1. The quantitative estimate of drug-likeness (QED) is 0.606. The molecule has 0 aliphatic heterocycles. The molecule has 1 aliphatic rings. The maximum absolute atomic E-state index is 11.1. The van der Waals surface area contributed by atoms with Crippen molar-refractivity contribution in [2.24, 2.45) is 0 Å². The minimum atomic E-state index is -0.719. The van der Waals surface area contributed by atoms with Crippen molar-refractivity contribution in [2.75, 3.05) is 11.9 Å². The van der Waals surface area contributed by atoms with Crippen LogP contribution in [-0.4, -0.2) is 32.0 Å². The molecule has 0 amide bonds. The fraction of sp³-hybridized carbons (Fsp3) is 0.750.